The van der Waals surface area contributed by atoms with E-state index in [-0.39, 0.29) is 5.92 Å². The zero-order valence-corrected chi connectivity index (χ0v) is 8.29. The predicted molar refractivity (Wildman–Crippen MR) is 51.1 cm³/mol. The number of nitriles is 1. The Kier molecular flexibility index (Phi) is 3.87. The number of aromatic nitrogens is 1. The first-order valence-corrected chi connectivity index (χ1v) is 5.13. The van der Waals surface area contributed by atoms with Crippen LogP contribution in [0.4, 0.5) is 0 Å². The van der Waals surface area contributed by atoms with Crippen molar-refractivity contribution in [1.29, 1.82) is 5.26 Å². The highest BCUT2D eigenvalue weighted by atomic mass is 32.1. The molecule has 2 atom stereocenters. The molecule has 0 saturated carbocycles. The Morgan fingerprint density at radius 1 is 1.77 bits per heavy atom. The van der Waals surface area contributed by atoms with Gasteiger partial charge in [-0.3, -0.25) is 4.98 Å². The van der Waals surface area contributed by atoms with Gasteiger partial charge in [0.25, 0.3) is 0 Å². The molecule has 1 rings (SSSR count). The number of thiazole rings is 1. The highest BCUT2D eigenvalue weighted by molar-refractivity contribution is 7.09. The van der Waals surface area contributed by atoms with Gasteiger partial charge in [-0.1, -0.05) is 13.3 Å². The Bertz CT molecular complexity index is 278. The first-order valence-electron chi connectivity index (χ1n) is 4.25. The summed E-state index contributed by atoms with van der Waals surface area (Å²) in [5.74, 6) is -0.301. The molecule has 3 nitrogen and oxygen atoms in total. The van der Waals surface area contributed by atoms with Gasteiger partial charge in [0, 0.05) is 6.20 Å². The van der Waals surface area contributed by atoms with Crippen molar-refractivity contribution in [1.82, 2.24) is 4.98 Å². The molecule has 1 heterocycles. The molecule has 4 heteroatoms. The van der Waals surface area contributed by atoms with Crippen LogP contribution in [-0.2, 0) is 0 Å². The van der Waals surface area contributed by atoms with E-state index in [0.717, 1.165) is 17.7 Å². The van der Waals surface area contributed by atoms with Crippen LogP contribution in [0.15, 0.2) is 11.7 Å². The molecule has 13 heavy (non-hydrogen) atoms. The third kappa shape index (κ3) is 2.51. The summed E-state index contributed by atoms with van der Waals surface area (Å²) < 4.78 is 0. The molecule has 0 aliphatic heterocycles. The molecular formula is C9H12N2OS. The third-order valence-electron chi connectivity index (χ3n) is 1.89. The highest BCUT2D eigenvalue weighted by Crippen LogP contribution is 2.27. The maximum Gasteiger partial charge on any atom is 0.106 e. The minimum Gasteiger partial charge on any atom is -0.386 e. The Hall–Kier alpha value is -0.920. The molecule has 0 fully saturated rings. The van der Waals surface area contributed by atoms with Crippen molar-refractivity contribution in [3.8, 4) is 6.07 Å². The van der Waals surface area contributed by atoms with Crippen LogP contribution in [0.25, 0.3) is 0 Å². The number of nitrogens with zero attached hydrogens (tertiary/aromatic N) is 2. The molecule has 1 aromatic heterocycles. The van der Waals surface area contributed by atoms with Gasteiger partial charge in [0.15, 0.2) is 0 Å². The van der Waals surface area contributed by atoms with Gasteiger partial charge in [-0.15, -0.1) is 11.3 Å². The summed E-state index contributed by atoms with van der Waals surface area (Å²) in [7, 11) is 0. The van der Waals surface area contributed by atoms with E-state index in [2.05, 4.69) is 11.1 Å². The zero-order valence-electron chi connectivity index (χ0n) is 7.47. The summed E-state index contributed by atoms with van der Waals surface area (Å²) >= 11 is 1.39. The summed E-state index contributed by atoms with van der Waals surface area (Å²) in [5.41, 5.74) is 1.67. The standard InChI is InChI=1S/C9H12N2OS/c1-2-3-7(4-10)9(12)8-5-11-6-13-8/h5-7,9,12H,2-3H2,1H3. The Morgan fingerprint density at radius 3 is 3.00 bits per heavy atom. The summed E-state index contributed by atoms with van der Waals surface area (Å²) in [5, 5.41) is 18.5. The van der Waals surface area contributed by atoms with E-state index in [1.54, 1.807) is 11.7 Å². The zero-order chi connectivity index (χ0) is 9.68. The second-order valence-electron chi connectivity index (χ2n) is 2.87. The highest BCUT2D eigenvalue weighted by Gasteiger charge is 2.20. The number of rotatable bonds is 4. The largest absolute Gasteiger partial charge is 0.386 e. The average molecular weight is 196 g/mol. The lowest BCUT2D eigenvalue weighted by Crippen LogP contribution is -2.09. The molecule has 0 amide bonds. The van der Waals surface area contributed by atoms with E-state index in [4.69, 9.17) is 5.26 Å². The lowest BCUT2D eigenvalue weighted by molar-refractivity contribution is 0.133. The SMILES string of the molecule is CCCC(C#N)C(O)c1cncs1. The van der Waals surface area contributed by atoms with Crippen molar-refractivity contribution < 1.29 is 5.11 Å². The quantitative estimate of drug-likeness (QED) is 0.802. The van der Waals surface area contributed by atoms with E-state index in [1.165, 1.54) is 11.3 Å². The topological polar surface area (TPSA) is 56.9 Å². The van der Waals surface area contributed by atoms with Gasteiger partial charge in [0.1, 0.15) is 6.10 Å². The number of hydrogen-bond donors (Lipinski definition) is 1. The second kappa shape index (κ2) is 4.95. The maximum absolute atomic E-state index is 9.75. The van der Waals surface area contributed by atoms with Gasteiger partial charge in [0.2, 0.25) is 0 Å². The summed E-state index contributed by atoms with van der Waals surface area (Å²) in [4.78, 5) is 4.65. The van der Waals surface area contributed by atoms with Crippen LogP contribution in [0, 0.1) is 17.2 Å². The fourth-order valence-corrected chi connectivity index (χ4v) is 1.84. The van der Waals surface area contributed by atoms with E-state index in [0.29, 0.717) is 0 Å². The van der Waals surface area contributed by atoms with E-state index >= 15 is 0 Å². The van der Waals surface area contributed by atoms with E-state index in [9.17, 15) is 5.11 Å². The molecule has 0 aromatic carbocycles. The molecule has 1 N–H and O–H groups in total. The molecule has 0 bridgehead atoms. The fourth-order valence-electron chi connectivity index (χ4n) is 1.17. The van der Waals surface area contributed by atoms with Crippen molar-refractivity contribution in [2.24, 2.45) is 5.92 Å². The van der Waals surface area contributed by atoms with Crippen LogP contribution < -0.4 is 0 Å². The Morgan fingerprint density at radius 2 is 2.54 bits per heavy atom. The third-order valence-corrected chi connectivity index (χ3v) is 2.74. The van der Waals surface area contributed by atoms with Crippen molar-refractivity contribution in [3.05, 3.63) is 16.6 Å². The molecule has 0 saturated heterocycles. The fraction of sp³-hybridized carbons (Fsp3) is 0.556. The lowest BCUT2D eigenvalue weighted by atomic mass is 9.98. The van der Waals surface area contributed by atoms with E-state index in [1.807, 2.05) is 6.92 Å². The van der Waals surface area contributed by atoms with Crippen molar-refractivity contribution in [2.45, 2.75) is 25.9 Å². The Balaban J connectivity index is 2.66. The maximum atomic E-state index is 9.75. The van der Waals surface area contributed by atoms with Crippen LogP contribution in [0.3, 0.4) is 0 Å². The van der Waals surface area contributed by atoms with Crippen molar-refractivity contribution in [2.75, 3.05) is 0 Å². The molecule has 70 valence electrons. The molecule has 0 aliphatic rings. The molecule has 0 aliphatic carbocycles. The molecule has 0 spiro atoms. The van der Waals surface area contributed by atoms with Crippen LogP contribution in [0.5, 0.6) is 0 Å². The minimum atomic E-state index is -0.669. The summed E-state index contributed by atoms with van der Waals surface area (Å²) in [6, 6.07) is 2.12. The smallest absolute Gasteiger partial charge is 0.106 e. The summed E-state index contributed by atoms with van der Waals surface area (Å²) in [6.07, 6.45) is 2.59. The van der Waals surface area contributed by atoms with Gasteiger partial charge >= 0.3 is 0 Å². The lowest BCUT2D eigenvalue weighted by Gasteiger charge is -2.13. The first-order chi connectivity index (χ1) is 6.29. The Labute approximate surface area is 81.7 Å². The minimum absolute atomic E-state index is 0.301. The van der Waals surface area contributed by atoms with E-state index < -0.39 is 6.10 Å². The first kappa shape index (κ1) is 10.2. The molecular weight excluding hydrogens is 184 g/mol. The van der Waals surface area contributed by atoms with Gasteiger partial charge in [-0.05, 0) is 6.42 Å². The normalized spacial score (nSPS) is 14.8. The van der Waals surface area contributed by atoms with Crippen molar-refractivity contribution >= 4 is 11.3 Å². The van der Waals surface area contributed by atoms with Crippen molar-refractivity contribution in [3.63, 3.8) is 0 Å². The van der Waals surface area contributed by atoms with Gasteiger partial charge in [-0.25, -0.2) is 0 Å². The molecule has 0 radical (unpaired) electrons. The predicted octanol–water partition coefficient (Wildman–Crippen LogP) is 2.12. The van der Waals surface area contributed by atoms with Crippen LogP contribution in [0.2, 0.25) is 0 Å². The number of aliphatic hydroxyl groups excluding tert-OH is 1. The average Bonchev–Trinajstić information content (AvgIpc) is 2.65. The molecule has 1 aromatic rings. The van der Waals surface area contributed by atoms with Gasteiger partial charge in [-0.2, -0.15) is 5.26 Å². The molecule has 2 unspecified atom stereocenters. The van der Waals surface area contributed by atoms with Crippen LogP contribution in [0.1, 0.15) is 30.7 Å². The van der Waals surface area contributed by atoms with Gasteiger partial charge in [0.05, 0.1) is 22.4 Å². The number of aliphatic hydroxyl groups is 1. The van der Waals surface area contributed by atoms with Gasteiger partial charge < -0.3 is 5.11 Å². The van der Waals surface area contributed by atoms with Crippen LogP contribution in [-0.4, -0.2) is 10.1 Å². The second-order valence-corrected chi connectivity index (χ2v) is 3.79. The summed E-state index contributed by atoms with van der Waals surface area (Å²) in [6.45, 7) is 2.00. The monoisotopic (exact) mass is 196 g/mol. The van der Waals surface area contributed by atoms with Crippen LogP contribution >= 0.6 is 11.3 Å². The number of hydrogen-bond acceptors (Lipinski definition) is 4.